The summed E-state index contributed by atoms with van der Waals surface area (Å²) in [6.07, 6.45) is -4.86. The summed E-state index contributed by atoms with van der Waals surface area (Å²) in [5, 5.41) is 16.1. The summed E-state index contributed by atoms with van der Waals surface area (Å²) in [5.41, 5.74) is 0.189. The van der Waals surface area contributed by atoms with Crippen molar-refractivity contribution < 1.29 is 22.9 Å². The Balaban J connectivity index is 1.72. The highest BCUT2D eigenvalue weighted by atomic mass is 32.2. The van der Waals surface area contributed by atoms with Crippen LogP contribution in [0.25, 0.3) is 0 Å². The minimum absolute atomic E-state index is 0.412. The van der Waals surface area contributed by atoms with Crippen LogP contribution in [0.3, 0.4) is 0 Å². The van der Waals surface area contributed by atoms with Crippen LogP contribution in [0.15, 0.2) is 36.4 Å². The Labute approximate surface area is 187 Å². The Bertz CT molecular complexity index is 1010. The fourth-order valence-electron chi connectivity index (χ4n) is 3.36. The number of nitrogens with zero attached hydrogens (tertiary/aromatic N) is 2. The molecule has 2 aromatic rings. The van der Waals surface area contributed by atoms with E-state index in [4.69, 9.17) is 0 Å². The van der Waals surface area contributed by atoms with Gasteiger partial charge in [-0.2, -0.15) is 24.9 Å². The molecule has 1 amide bonds. The van der Waals surface area contributed by atoms with Crippen LogP contribution in [0.1, 0.15) is 18.1 Å². The third kappa shape index (κ3) is 5.64. The van der Waals surface area contributed by atoms with Crippen LogP contribution < -0.4 is 15.5 Å². The van der Waals surface area contributed by atoms with Crippen LogP contribution in [0.4, 0.5) is 35.9 Å². The molecule has 0 aromatic heterocycles. The van der Waals surface area contributed by atoms with Gasteiger partial charge in [-0.1, -0.05) is 0 Å². The predicted octanol–water partition coefficient (Wildman–Crippen LogP) is 4.91. The molecule has 2 N–H and O–H groups in total. The zero-order valence-electron chi connectivity index (χ0n) is 17.5. The molecule has 3 rings (SSSR count). The highest BCUT2D eigenvalue weighted by Crippen LogP contribution is 2.37. The fraction of sp³-hybridized carbons (Fsp3) is 0.381. The molecule has 0 aliphatic carbocycles. The molecular formula is C21H23F3N4O3S. The number of carbonyl (C=O) groups is 1. The molecule has 0 saturated carbocycles. The first-order valence-electron chi connectivity index (χ1n) is 9.92. The van der Waals surface area contributed by atoms with Gasteiger partial charge in [-0.25, -0.2) is 0 Å². The molecule has 2 aromatic carbocycles. The van der Waals surface area contributed by atoms with Gasteiger partial charge in [0.15, 0.2) is 0 Å². The molecule has 32 heavy (non-hydrogen) atoms. The maximum atomic E-state index is 13.3. The van der Waals surface area contributed by atoms with E-state index in [0.717, 1.165) is 48.0 Å². The maximum Gasteiger partial charge on any atom is 0.418 e. The number of halogens is 3. The smallest absolute Gasteiger partial charge is 0.374 e. The molecule has 0 bridgehead atoms. The van der Waals surface area contributed by atoms with Crippen molar-refractivity contribution in [3.05, 3.63) is 57.6 Å². The Morgan fingerprint density at radius 3 is 2.41 bits per heavy atom. The fourth-order valence-corrected chi connectivity index (χ4v) is 4.26. The first kappa shape index (κ1) is 23.7. The molecular weight excluding hydrogens is 445 g/mol. The van der Waals surface area contributed by atoms with Gasteiger partial charge in [0, 0.05) is 48.1 Å². The summed E-state index contributed by atoms with van der Waals surface area (Å²) in [6.45, 7) is 5.36. The topological polar surface area (TPSA) is 87.5 Å². The van der Waals surface area contributed by atoms with E-state index in [-0.39, 0.29) is 0 Å². The lowest BCUT2D eigenvalue weighted by Gasteiger charge is -2.29. The van der Waals surface area contributed by atoms with Crippen molar-refractivity contribution in [1.82, 2.24) is 0 Å². The summed E-state index contributed by atoms with van der Waals surface area (Å²) in [7, 11) is 0. The Morgan fingerprint density at radius 2 is 1.81 bits per heavy atom. The monoisotopic (exact) mass is 468 g/mol. The van der Waals surface area contributed by atoms with Crippen molar-refractivity contribution in [1.29, 1.82) is 0 Å². The molecule has 0 spiro atoms. The zero-order valence-corrected chi connectivity index (χ0v) is 18.3. The second-order valence-corrected chi connectivity index (χ2v) is 8.66. The van der Waals surface area contributed by atoms with E-state index in [2.05, 4.69) is 15.5 Å². The lowest BCUT2D eigenvalue weighted by Crippen LogP contribution is -2.33. The second-order valence-electron chi connectivity index (χ2n) is 7.44. The second kappa shape index (κ2) is 9.68. The van der Waals surface area contributed by atoms with Gasteiger partial charge in [0.1, 0.15) is 6.04 Å². The molecule has 1 saturated heterocycles. The van der Waals surface area contributed by atoms with E-state index in [9.17, 15) is 28.1 Å². The van der Waals surface area contributed by atoms with Crippen LogP contribution in [0.5, 0.6) is 0 Å². The number of benzene rings is 2. The zero-order chi connectivity index (χ0) is 23.5. The summed E-state index contributed by atoms with van der Waals surface area (Å²) in [5.74, 6) is 1.44. The number of amides is 1. The van der Waals surface area contributed by atoms with E-state index in [0.29, 0.717) is 11.8 Å². The number of alkyl halides is 3. The van der Waals surface area contributed by atoms with Crippen molar-refractivity contribution in [2.24, 2.45) is 0 Å². The molecule has 11 heteroatoms. The number of carbonyl (C=O) groups excluding carboxylic acids is 1. The van der Waals surface area contributed by atoms with Gasteiger partial charge in [0.05, 0.1) is 16.2 Å². The van der Waals surface area contributed by atoms with Crippen LogP contribution >= 0.6 is 11.8 Å². The average molecular weight is 469 g/mol. The normalized spacial score (nSPS) is 15.2. The van der Waals surface area contributed by atoms with Gasteiger partial charge >= 0.3 is 6.18 Å². The molecule has 0 radical (unpaired) electrons. The van der Waals surface area contributed by atoms with Crippen molar-refractivity contribution in [3.8, 4) is 0 Å². The van der Waals surface area contributed by atoms with Gasteiger partial charge in [0.25, 0.3) is 5.69 Å². The molecule has 1 fully saturated rings. The number of nitro benzene ring substituents is 1. The van der Waals surface area contributed by atoms with E-state index in [1.165, 1.54) is 6.92 Å². The molecule has 1 heterocycles. The number of rotatable bonds is 6. The third-order valence-electron chi connectivity index (χ3n) is 5.13. The Kier molecular flexibility index (Phi) is 7.17. The number of nitro groups is 1. The van der Waals surface area contributed by atoms with Crippen LogP contribution in [-0.4, -0.2) is 41.5 Å². The van der Waals surface area contributed by atoms with E-state index in [1.807, 2.05) is 36.9 Å². The first-order valence-corrected chi connectivity index (χ1v) is 11.1. The molecule has 1 atom stereocenters. The van der Waals surface area contributed by atoms with Crippen molar-refractivity contribution >= 4 is 40.4 Å². The van der Waals surface area contributed by atoms with Crippen LogP contribution in [0, 0.1) is 17.0 Å². The summed E-state index contributed by atoms with van der Waals surface area (Å²) in [6, 6.07) is 7.20. The molecule has 1 aliphatic rings. The lowest BCUT2D eigenvalue weighted by atomic mass is 10.1. The number of non-ortho nitro benzene ring substituents is 1. The van der Waals surface area contributed by atoms with Crippen LogP contribution in [0.2, 0.25) is 0 Å². The van der Waals surface area contributed by atoms with Gasteiger partial charge in [-0.15, -0.1) is 0 Å². The van der Waals surface area contributed by atoms with Crippen LogP contribution in [-0.2, 0) is 11.0 Å². The molecule has 7 nitrogen and oxygen atoms in total. The summed E-state index contributed by atoms with van der Waals surface area (Å²) in [4.78, 5) is 24.7. The molecule has 172 valence electrons. The SMILES string of the molecule is Cc1cc(N2CCSCC2)ccc1NC(C)C(=O)Nc1ccc([N+](=O)[O-])cc1C(F)(F)F. The minimum atomic E-state index is -4.86. The van der Waals surface area contributed by atoms with Gasteiger partial charge < -0.3 is 15.5 Å². The average Bonchev–Trinajstić information content (AvgIpc) is 2.75. The molecule has 1 unspecified atom stereocenters. The predicted molar refractivity (Wildman–Crippen MR) is 121 cm³/mol. The van der Waals surface area contributed by atoms with Gasteiger partial charge in [0.2, 0.25) is 5.91 Å². The van der Waals surface area contributed by atoms with E-state index in [1.54, 1.807) is 0 Å². The number of hydrogen-bond donors (Lipinski definition) is 2. The third-order valence-corrected chi connectivity index (χ3v) is 6.07. The number of aryl methyl sites for hydroxylation is 1. The van der Waals surface area contributed by atoms with Crippen molar-refractivity contribution in [2.75, 3.05) is 40.1 Å². The Hall–Kier alpha value is -2.95. The number of anilines is 3. The van der Waals surface area contributed by atoms with E-state index >= 15 is 0 Å². The summed E-state index contributed by atoms with van der Waals surface area (Å²) < 4.78 is 40.0. The van der Waals surface area contributed by atoms with E-state index < -0.39 is 40.0 Å². The van der Waals surface area contributed by atoms with Gasteiger partial charge in [-0.3, -0.25) is 14.9 Å². The standard InChI is InChI=1S/C21H23F3N4O3S/c1-13-11-15(27-7-9-32-10-8-27)3-5-18(13)25-14(2)20(29)26-19-6-4-16(28(30)31)12-17(19)21(22,23)24/h3-6,11-12,14,25H,7-10H2,1-2H3,(H,26,29). The number of nitrogens with one attached hydrogen (secondary N) is 2. The van der Waals surface area contributed by atoms with Crippen molar-refractivity contribution in [2.45, 2.75) is 26.1 Å². The number of thioether (sulfide) groups is 1. The quantitative estimate of drug-likeness (QED) is 0.463. The molecule has 1 aliphatic heterocycles. The first-order chi connectivity index (χ1) is 15.1. The Morgan fingerprint density at radius 1 is 1.16 bits per heavy atom. The largest absolute Gasteiger partial charge is 0.418 e. The minimum Gasteiger partial charge on any atom is -0.374 e. The van der Waals surface area contributed by atoms with Gasteiger partial charge in [-0.05, 0) is 43.7 Å². The lowest BCUT2D eigenvalue weighted by molar-refractivity contribution is -0.385. The summed E-state index contributed by atoms with van der Waals surface area (Å²) >= 11 is 1.92. The highest BCUT2D eigenvalue weighted by molar-refractivity contribution is 7.99. The number of hydrogen-bond acceptors (Lipinski definition) is 6. The van der Waals surface area contributed by atoms with Crippen molar-refractivity contribution in [3.63, 3.8) is 0 Å². The maximum absolute atomic E-state index is 13.3. The highest BCUT2D eigenvalue weighted by Gasteiger charge is 2.36.